The van der Waals surface area contributed by atoms with Gasteiger partial charge in [-0.15, -0.1) is 0 Å². The molecule has 3 heterocycles. The van der Waals surface area contributed by atoms with E-state index in [0.29, 0.717) is 18.3 Å². The van der Waals surface area contributed by atoms with Crippen molar-refractivity contribution in [1.82, 2.24) is 19.6 Å². The van der Waals surface area contributed by atoms with Crippen molar-refractivity contribution in [3.05, 3.63) is 48.5 Å². The molecule has 1 atom stereocenters. The lowest BCUT2D eigenvalue weighted by Gasteiger charge is -2.43. The molecule has 1 unspecified atom stereocenters. The van der Waals surface area contributed by atoms with E-state index in [2.05, 4.69) is 21.9 Å². The molecule has 0 spiro atoms. The maximum atomic E-state index is 14.2. The molecule has 2 aromatic rings. The van der Waals surface area contributed by atoms with Crippen molar-refractivity contribution in [3.63, 3.8) is 0 Å². The summed E-state index contributed by atoms with van der Waals surface area (Å²) in [5.41, 5.74) is 0.407. The highest BCUT2D eigenvalue weighted by Gasteiger charge is 2.36. The van der Waals surface area contributed by atoms with Crippen LogP contribution < -0.4 is 4.90 Å². The fourth-order valence-electron chi connectivity index (χ4n) is 4.63. The summed E-state index contributed by atoms with van der Waals surface area (Å²) in [6.07, 6.45) is 7.67. The lowest BCUT2D eigenvalue weighted by molar-refractivity contribution is -0.126. The van der Waals surface area contributed by atoms with Crippen molar-refractivity contribution in [1.29, 1.82) is 0 Å². The van der Waals surface area contributed by atoms with Crippen LogP contribution in [-0.4, -0.2) is 70.8 Å². The third kappa shape index (κ3) is 4.51. The molecule has 0 N–H and O–H groups in total. The van der Waals surface area contributed by atoms with E-state index in [4.69, 9.17) is 0 Å². The van der Waals surface area contributed by atoms with Crippen LogP contribution in [0.25, 0.3) is 0 Å². The number of hydrogen-bond acceptors (Lipinski definition) is 4. The first kappa shape index (κ1) is 20.0. The van der Waals surface area contributed by atoms with Gasteiger partial charge in [-0.3, -0.25) is 14.4 Å². The highest BCUT2D eigenvalue weighted by atomic mass is 19.1. The minimum Gasteiger partial charge on any atom is -0.308 e. The molecular formula is C22H30FN5O. The maximum Gasteiger partial charge on any atom is 0.244 e. The van der Waals surface area contributed by atoms with Gasteiger partial charge in [0.2, 0.25) is 5.91 Å². The van der Waals surface area contributed by atoms with E-state index >= 15 is 0 Å². The summed E-state index contributed by atoms with van der Waals surface area (Å²) in [4.78, 5) is 19.5. The zero-order valence-corrected chi connectivity index (χ0v) is 17.1. The molecule has 1 aromatic carbocycles. The molecule has 0 saturated carbocycles. The first-order valence-electron chi connectivity index (χ1n) is 10.6. The highest BCUT2D eigenvalue weighted by Crippen LogP contribution is 2.28. The van der Waals surface area contributed by atoms with Crippen LogP contribution in [0.4, 0.5) is 10.1 Å². The van der Waals surface area contributed by atoms with Crippen molar-refractivity contribution < 1.29 is 9.18 Å². The molecule has 2 fully saturated rings. The van der Waals surface area contributed by atoms with Crippen LogP contribution in [0.3, 0.4) is 0 Å². The number of likely N-dealkylation sites (N-methyl/N-ethyl adjacent to an activating group) is 1. The van der Waals surface area contributed by atoms with Crippen LogP contribution in [-0.2, 0) is 11.3 Å². The molecule has 29 heavy (non-hydrogen) atoms. The minimum absolute atomic E-state index is 0.0324. The first-order valence-corrected chi connectivity index (χ1v) is 10.6. The number of amides is 1. The molecular weight excluding hydrogens is 369 g/mol. The Balaban J connectivity index is 1.33. The second kappa shape index (κ2) is 9.05. The zero-order chi connectivity index (χ0) is 20.2. The molecule has 156 valence electrons. The summed E-state index contributed by atoms with van der Waals surface area (Å²) in [7, 11) is 2.07. The molecule has 0 aliphatic carbocycles. The molecule has 2 aliphatic rings. The van der Waals surface area contributed by atoms with E-state index in [-0.39, 0.29) is 17.8 Å². The maximum absolute atomic E-state index is 14.2. The van der Waals surface area contributed by atoms with E-state index in [0.717, 1.165) is 51.9 Å². The van der Waals surface area contributed by atoms with Gasteiger partial charge in [-0.1, -0.05) is 12.1 Å². The van der Waals surface area contributed by atoms with Gasteiger partial charge in [0.15, 0.2) is 0 Å². The number of carbonyl (C=O) groups is 1. The number of likely N-dealkylation sites (tertiary alicyclic amines) is 1. The fourth-order valence-corrected chi connectivity index (χ4v) is 4.63. The lowest BCUT2D eigenvalue weighted by atomic mass is 9.97. The number of aromatic nitrogens is 2. The van der Waals surface area contributed by atoms with E-state index in [1.807, 2.05) is 23.1 Å². The summed E-state index contributed by atoms with van der Waals surface area (Å²) in [5, 5.41) is 4.26. The number of para-hydroxylation sites is 1. The van der Waals surface area contributed by atoms with Gasteiger partial charge in [0.1, 0.15) is 5.82 Å². The third-order valence-electron chi connectivity index (χ3n) is 6.38. The summed E-state index contributed by atoms with van der Waals surface area (Å²) < 4.78 is 16.2. The number of rotatable bonds is 6. The number of nitrogens with zero attached hydrogens (tertiary/aromatic N) is 5. The second-order valence-electron chi connectivity index (χ2n) is 8.11. The average Bonchev–Trinajstić information content (AvgIpc) is 3.27. The molecule has 2 saturated heterocycles. The van der Waals surface area contributed by atoms with Crippen molar-refractivity contribution in [2.75, 3.05) is 38.1 Å². The van der Waals surface area contributed by atoms with Gasteiger partial charge in [0, 0.05) is 31.5 Å². The van der Waals surface area contributed by atoms with Gasteiger partial charge in [0.25, 0.3) is 0 Å². The average molecular weight is 400 g/mol. The number of hydrogen-bond donors (Lipinski definition) is 0. The fraction of sp³-hybridized carbons (Fsp3) is 0.545. The molecule has 4 rings (SSSR count). The number of halogens is 1. The molecule has 0 radical (unpaired) electrons. The summed E-state index contributed by atoms with van der Waals surface area (Å²) >= 11 is 0. The Morgan fingerprint density at radius 2 is 1.90 bits per heavy atom. The van der Waals surface area contributed by atoms with Crippen LogP contribution in [0.15, 0.2) is 42.7 Å². The normalized spacial score (nSPS) is 21.8. The Bertz CT molecular complexity index is 803. The van der Waals surface area contributed by atoms with Crippen LogP contribution in [0.1, 0.15) is 25.7 Å². The molecule has 1 amide bonds. The van der Waals surface area contributed by atoms with Crippen LogP contribution in [0.5, 0.6) is 0 Å². The van der Waals surface area contributed by atoms with Crippen LogP contribution in [0, 0.1) is 5.82 Å². The number of anilines is 1. The molecule has 1 aromatic heterocycles. The summed E-state index contributed by atoms with van der Waals surface area (Å²) in [5.74, 6) is -0.292. The Hall–Kier alpha value is -2.25. The Morgan fingerprint density at radius 1 is 1.10 bits per heavy atom. The van der Waals surface area contributed by atoms with Crippen molar-refractivity contribution in [2.24, 2.45) is 0 Å². The quantitative estimate of drug-likeness (QED) is 0.749. The topological polar surface area (TPSA) is 44.6 Å². The third-order valence-corrected chi connectivity index (χ3v) is 6.38. The monoisotopic (exact) mass is 399 g/mol. The molecule has 2 aliphatic heterocycles. The van der Waals surface area contributed by atoms with Gasteiger partial charge < -0.3 is 9.80 Å². The number of carbonyl (C=O) groups excluding carboxylic acids is 1. The SMILES string of the molecule is CN(C1CCN(CCn2cccn2)CC1)C1CCCN(c2ccccc2F)C1=O. The van der Waals surface area contributed by atoms with Gasteiger partial charge in [-0.05, 0) is 64.0 Å². The van der Waals surface area contributed by atoms with E-state index in [1.54, 1.807) is 23.1 Å². The lowest BCUT2D eigenvalue weighted by Crippen LogP contribution is -2.56. The van der Waals surface area contributed by atoms with Gasteiger partial charge >= 0.3 is 0 Å². The smallest absolute Gasteiger partial charge is 0.244 e. The van der Waals surface area contributed by atoms with Gasteiger partial charge in [-0.25, -0.2) is 4.39 Å². The Labute approximate surface area is 171 Å². The summed E-state index contributed by atoms with van der Waals surface area (Å²) in [6.45, 7) is 4.58. The number of piperidine rings is 2. The van der Waals surface area contributed by atoms with Crippen LogP contribution in [0.2, 0.25) is 0 Å². The standard InChI is InChI=1S/C22H30FN5O/c1-25(18-9-14-26(15-10-18)16-17-27-12-5-11-24-27)21-8-4-13-28(22(21)29)20-7-3-2-6-19(20)23/h2-3,5-7,11-12,18,21H,4,8-10,13-17H2,1H3. The largest absolute Gasteiger partial charge is 0.308 e. The van der Waals surface area contributed by atoms with E-state index in [9.17, 15) is 9.18 Å². The highest BCUT2D eigenvalue weighted by molar-refractivity contribution is 5.98. The zero-order valence-electron chi connectivity index (χ0n) is 17.1. The molecule has 7 heteroatoms. The predicted molar refractivity (Wildman–Crippen MR) is 111 cm³/mol. The number of benzene rings is 1. The van der Waals surface area contributed by atoms with Crippen molar-refractivity contribution in [3.8, 4) is 0 Å². The van der Waals surface area contributed by atoms with E-state index < -0.39 is 0 Å². The Morgan fingerprint density at radius 3 is 2.62 bits per heavy atom. The van der Waals surface area contributed by atoms with E-state index in [1.165, 1.54) is 6.07 Å². The summed E-state index contributed by atoms with van der Waals surface area (Å²) in [6, 6.07) is 8.76. The van der Waals surface area contributed by atoms with Crippen molar-refractivity contribution >= 4 is 11.6 Å². The van der Waals surface area contributed by atoms with Gasteiger partial charge in [0.05, 0.1) is 18.3 Å². The van der Waals surface area contributed by atoms with Gasteiger partial charge in [-0.2, -0.15) is 5.10 Å². The van der Waals surface area contributed by atoms with Crippen molar-refractivity contribution in [2.45, 2.75) is 44.3 Å². The predicted octanol–water partition coefficient (Wildman–Crippen LogP) is 2.61. The molecule has 6 nitrogen and oxygen atoms in total. The molecule has 0 bridgehead atoms. The Kier molecular flexibility index (Phi) is 6.25. The first-order chi connectivity index (χ1) is 14.1. The second-order valence-corrected chi connectivity index (χ2v) is 8.11. The van der Waals surface area contributed by atoms with Crippen LogP contribution >= 0.6 is 0 Å². The minimum atomic E-state index is -0.324.